The van der Waals surface area contributed by atoms with Crippen LogP contribution in [0.1, 0.15) is 17.3 Å². The number of hydrogen-bond donors (Lipinski definition) is 2. The molecule has 7 nitrogen and oxygen atoms in total. The van der Waals surface area contributed by atoms with Gasteiger partial charge in [-0.3, -0.25) is 10.1 Å². The van der Waals surface area contributed by atoms with E-state index in [4.69, 9.17) is 22.1 Å². The highest BCUT2D eigenvalue weighted by atomic mass is 35.5. The highest BCUT2D eigenvalue weighted by molar-refractivity contribution is 6.29. The number of primary amides is 1. The zero-order valence-corrected chi connectivity index (χ0v) is 10.1. The van der Waals surface area contributed by atoms with Gasteiger partial charge in [0, 0.05) is 6.20 Å². The molecule has 0 spiro atoms. The summed E-state index contributed by atoms with van der Waals surface area (Å²) in [6.07, 6.45) is 0.0595. The monoisotopic (exact) mass is 271 g/mol. The lowest BCUT2D eigenvalue weighted by atomic mass is 10.3. The topological polar surface area (TPSA) is 111 Å². The molecule has 0 saturated carbocycles. The highest BCUT2D eigenvalue weighted by Crippen LogP contribution is 2.07. The second-order valence-corrected chi connectivity index (χ2v) is 3.66. The van der Waals surface area contributed by atoms with Gasteiger partial charge in [0.15, 0.2) is 6.10 Å². The van der Waals surface area contributed by atoms with Gasteiger partial charge in [0.1, 0.15) is 5.15 Å². The van der Waals surface area contributed by atoms with Gasteiger partial charge in [-0.2, -0.15) is 0 Å². The Bertz CT molecular complexity index is 475. The molecule has 3 amide bonds. The average Bonchev–Trinajstić information content (AvgIpc) is 2.28. The number of rotatable bonds is 3. The Morgan fingerprint density at radius 1 is 1.44 bits per heavy atom. The molecule has 0 saturated heterocycles. The molecule has 0 aliphatic heterocycles. The van der Waals surface area contributed by atoms with Crippen LogP contribution >= 0.6 is 11.6 Å². The third-order valence-electron chi connectivity index (χ3n) is 1.86. The van der Waals surface area contributed by atoms with Crippen molar-refractivity contribution in [1.82, 2.24) is 10.3 Å². The van der Waals surface area contributed by atoms with E-state index in [2.05, 4.69) is 4.98 Å². The number of urea groups is 1. The van der Waals surface area contributed by atoms with Crippen LogP contribution in [0.25, 0.3) is 0 Å². The molecule has 96 valence electrons. The average molecular weight is 272 g/mol. The van der Waals surface area contributed by atoms with E-state index in [1.807, 2.05) is 0 Å². The van der Waals surface area contributed by atoms with Crippen LogP contribution in [0.15, 0.2) is 18.3 Å². The molecule has 1 aromatic heterocycles. The summed E-state index contributed by atoms with van der Waals surface area (Å²) in [5.74, 6) is -1.57. The van der Waals surface area contributed by atoms with Gasteiger partial charge in [0.2, 0.25) is 0 Å². The van der Waals surface area contributed by atoms with Crippen molar-refractivity contribution in [1.29, 1.82) is 0 Å². The number of nitrogens with one attached hydrogen (secondary N) is 1. The van der Waals surface area contributed by atoms with Gasteiger partial charge in [-0.1, -0.05) is 11.6 Å². The summed E-state index contributed by atoms with van der Waals surface area (Å²) in [5.41, 5.74) is 4.89. The zero-order valence-electron chi connectivity index (χ0n) is 9.34. The lowest BCUT2D eigenvalue weighted by Crippen LogP contribution is -2.42. The summed E-state index contributed by atoms with van der Waals surface area (Å²) in [4.78, 5) is 36.9. The van der Waals surface area contributed by atoms with Crippen LogP contribution in [0.5, 0.6) is 0 Å². The first kappa shape index (κ1) is 13.9. The molecule has 1 rings (SSSR count). The molecule has 0 bridgehead atoms. The molecule has 1 heterocycles. The Hall–Kier alpha value is -2.15. The molecule has 1 atom stereocenters. The van der Waals surface area contributed by atoms with Gasteiger partial charge < -0.3 is 10.5 Å². The minimum atomic E-state index is -1.15. The number of ether oxygens (including phenoxy) is 1. The molecule has 0 aliphatic rings. The number of amides is 3. The predicted molar refractivity (Wildman–Crippen MR) is 61.9 cm³/mol. The van der Waals surface area contributed by atoms with E-state index in [0.717, 1.165) is 0 Å². The second-order valence-electron chi connectivity index (χ2n) is 3.27. The molecule has 0 radical (unpaired) electrons. The lowest BCUT2D eigenvalue weighted by molar-refractivity contribution is -0.127. The van der Waals surface area contributed by atoms with E-state index >= 15 is 0 Å². The van der Waals surface area contributed by atoms with Crippen LogP contribution in [0.2, 0.25) is 5.15 Å². The zero-order chi connectivity index (χ0) is 13.7. The first-order valence-corrected chi connectivity index (χ1v) is 5.21. The van der Waals surface area contributed by atoms with Crippen LogP contribution in [-0.4, -0.2) is 29.0 Å². The van der Waals surface area contributed by atoms with E-state index in [-0.39, 0.29) is 10.7 Å². The Balaban J connectivity index is 2.62. The third kappa shape index (κ3) is 4.02. The Morgan fingerprint density at radius 2 is 2.11 bits per heavy atom. The van der Waals surface area contributed by atoms with E-state index in [9.17, 15) is 14.4 Å². The Labute approximate surface area is 107 Å². The van der Waals surface area contributed by atoms with Crippen LogP contribution in [0.4, 0.5) is 4.79 Å². The summed E-state index contributed by atoms with van der Waals surface area (Å²) in [5, 5.41) is 2.02. The van der Waals surface area contributed by atoms with Gasteiger partial charge in [-0.25, -0.2) is 14.6 Å². The summed E-state index contributed by atoms with van der Waals surface area (Å²) < 4.78 is 4.80. The molecular weight excluding hydrogens is 262 g/mol. The number of nitrogens with two attached hydrogens (primary N) is 1. The van der Waals surface area contributed by atoms with Crippen LogP contribution in [0.3, 0.4) is 0 Å². The Kier molecular flexibility index (Phi) is 4.61. The van der Waals surface area contributed by atoms with Crippen molar-refractivity contribution in [2.24, 2.45) is 5.73 Å². The maximum atomic E-state index is 11.6. The third-order valence-corrected chi connectivity index (χ3v) is 2.09. The molecule has 0 aliphatic carbocycles. The van der Waals surface area contributed by atoms with Crippen molar-refractivity contribution < 1.29 is 19.1 Å². The fourth-order valence-corrected chi connectivity index (χ4v) is 1.11. The molecule has 8 heteroatoms. The van der Waals surface area contributed by atoms with Crippen molar-refractivity contribution in [3.05, 3.63) is 29.0 Å². The number of imide groups is 1. The van der Waals surface area contributed by atoms with Crippen molar-refractivity contribution >= 4 is 29.5 Å². The van der Waals surface area contributed by atoms with Crippen molar-refractivity contribution in [3.63, 3.8) is 0 Å². The first-order valence-electron chi connectivity index (χ1n) is 4.83. The summed E-state index contributed by atoms with van der Waals surface area (Å²) >= 11 is 5.55. The van der Waals surface area contributed by atoms with E-state index < -0.39 is 24.0 Å². The molecular formula is C10H10ClN3O4. The van der Waals surface area contributed by atoms with Crippen molar-refractivity contribution in [2.75, 3.05) is 0 Å². The van der Waals surface area contributed by atoms with Crippen LogP contribution in [0, 0.1) is 0 Å². The number of carbonyl (C=O) groups is 3. The van der Waals surface area contributed by atoms with E-state index in [1.165, 1.54) is 25.3 Å². The van der Waals surface area contributed by atoms with Gasteiger partial charge in [0.25, 0.3) is 5.91 Å². The smallest absolute Gasteiger partial charge is 0.340 e. The minimum Gasteiger partial charge on any atom is -0.449 e. The lowest BCUT2D eigenvalue weighted by Gasteiger charge is -2.11. The van der Waals surface area contributed by atoms with Gasteiger partial charge in [0.05, 0.1) is 5.56 Å². The number of halogens is 1. The van der Waals surface area contributed by atoms with Gasteiger partial charge in [-0.05, 0) is 19.1 Å². The number of pyridine rings is 1. The van der Waals surface area contributed by atoms with E-state index in [1.54, 1.807) is 5.32 Å². The van der Waals surface area contributed by atoms with Gasteiger partial charge in [-0.15, -0.1) is 0 Å². The number of aromatic nitrogens is 1. The van der Waals surface area contributed by atoms with Crippen LogP contribution < -0.4 is 11.1 Å². The first-order chi connectivity index (χ1) is 8.40. The minimum absolute atomic E-state index is 0.137. The summed E-state index contributed by atoms with van der Waals surface area (Å²) in [6, 6.07) is 1.79. The fraction of sp³-hybridized carbons (Fsp3) is 0.200. The number of esters is 1. The Morgan fingerprint density at radius 3 is 2.61 bits per heavy atom. The molecule has 3 N–H and O–H groups in total. The van der Waals surface area contributed by atoms with Crippen molar-refractivity contribution in [2.45, 2.75) is 13.0 Å². The number of nitrogens with zero attached hydrogens (tertiary/aromatic N) is 1. The number of hydrogen-bond acceptors (Lipinski definition) is 5. The number of carbonyl (C=O) groups excluding carboxylic acids is 3. The standard InChI is InChI=1S/C10H10ClN3O4/c1-5(8(15)14-10(12)17)18-9(16)6-2-3-7(11)13-4-6/h2-5H,1H3,(H3,12,14,15,17)/t5-/m1/s1. The summed E-state index contributed by atoms with van der Waals surface area (Å²) in [7, 11) is 0. The predicted octanol–water partition coefficient (Wildman–Crippen LogP) is 0.475. The largest absolute Gasteiger partial charge is 0.449 e. The molecule has 0 unspecified atom stereocenters. The van der Waals surface area contributed by atoms with Gasteiger partial charge >= 0.3 is 12.0 Å². The molecule has 18 heavy (non-hydrogen) atoms. The van der Waals surface area contributed by atoms with E-state index in [0.29, 0.717) is 0 Å². The quantitative estimate of drug-likeness (QED) is 0.613. The molecule has 1 aromatic rings. The SMILES string of the molecule is C[C@@H](OC(=O)c1ccc(Cl)nc1)C(=O)NC(N)=O. The normalized spacial score (nSPS) is 11.4. The van der Waals surface area contributed by atoms with Crippen molar-refractivity contribution in [3.8, 4) is 0 Å². The second kappa shape index (κ2) is 5.97. The maximum absolute atomic E-state index is 11.6. The fourth-order valence-electron chi connectivity index (χ4n) is 1.00. The molecule has 0 aromatic carbocycles. The molecule has 0 fully saturated rings. The maximum Gasteiger partial charge on any atom is 0.340 e. The highest BCUT2D eigenvalue weighted by Gasteiger charge is 2.20. The summed E-state index contributed by atoms with van der Waals surface area (Å²) in [6.45, 7) is 1.31. The van der Waals surface area contributed by atoms with Crippen LogP contribution in [-0.2, 0) is 9.53 Å².